The van der Waals surface area contributed by atoms with Gasteiger partial charge in [-0.05, 0) is 31.4 Å². The highest BCUT2D eigenvalue weighted by atomic mass is 35.5. The molecule has 0 bridgehead atoms. The van der Waals surface area contributed by atoms with E-state index in [9.17, 15) is 18.0 Å². The van der Waals surface area contributed by atoms with E-state index in [-0.39, 0.29) is 36.1 Å². The van der Waals surface area contributed by atoms with Gasteiger partial charge in [0.15, 0.2) is 16.4 Å². The molecule has 0 aromatic carbocycles. The summed E-state index contributed by atoms with van der Waals surface area (Å²) in [6, 6.07) is 2.88. The van der Waals surface area contributed by atoms with Gasteiger partial charge in [-0.1, -0.05) is 24.4 Å². The van der Waals surface area contributed by atoms with E-state index in [0.29, 0.717) is 15.6 Å². The summed E-state index contributed by atoms with van der Waals surface area (Å²) in [6.07, 6.45) is 4.26. The molecule has 0 unspecified atom stereocenters. The second kappa shape index (κ2) is 7.63. The van der Waals surface area contributed by atoms with Crippen molar-refractivity contribution in [3.63, 3.8) is 0 Å². The molecule has 0 radical (unpaired) electrons. The molecular formula is C16H20ClNO5S2. The summed E-state index contributed by atoms with van der Waals surface area (Å²) in [6.45, 7) is -0.374. The Hall–Kier alpha value is -1.12. The topological polar surface area (TPSA) is 80.8 Å². The number of esters is 1. The van der Waals surface area contributed by atoms with Gasteiger partial charge in [0, 0.05) is 12.1 Å². The standard InChI is InChI=1S/C16H20ClNO5S2/c17-14-6-5-13(24-14)16(20)23-9-15(19)18(11-3-1-2-4-11)12-7-8-25(21,22)10-12/h5-6,11-12H,1-4,7-10H2/t12-/m1/s1. The first-order chi connectivity index (χ1) is 11.9. The molecule has 1 amide bonds. The van der Waals surface area contributed by atoms with Crippen LogP contribution in [0.15, 0.2) is 12.1 Å². The van der Waals surface area contributed by atoms with Crippen molar-refractivity contribution in [3.05, 3.63) is 21.3 Å². The molecular weight excluding hydrogens is 386 g/mol. The Bertz CT molecular complexity index is 754. The van der Waals surface area contributed by atoms with Crippen LogP contribution >= 0.6 is 22.9 Å². The maximum atomic E-state index is 12.7. The Morgan fingerprint density at radius 1 is 1.20 bits per heavy atom. The Kier molecular flexibility index (Phi) is 5.70. The van der Waals surface area contributed by atoms with Crippen LogP contribution < -0.4 is 0 Å². The van der Waals surface area contributed by atoms with Crippen molar-refractivity contribution in [1.29, 1.82) is 0 Å². The minimum atomic E-state index is -3.09. The van der Waals surface area contributed by atoms with Crippen LogP contribution in [-0.2, 0) is 19.4 Å². The lowest BCUT2D eigenvalue weighted by Crippen LogP contribution is -2.48. The third kappa shape index (κ3) is 4.54. The first kappa shape index (κ1) is 18.7. The molecule has 1 aliphatic heterocycles. The molecule has 2 heterocycles. The highest BCUT2D eigenvalue weighted by molar-refractivity contribution is 7.91. The van der Waals surface area contributed by atoms with Gasteiger partial charge in [0.2, 0.25) is 0 Å². The van der Waals surface area contributed by atoms with Crippen LogP contribution in [0.3, 0.4) is 0 Å². The zero-order chi connectivity index (χ0) is 18.0. The molecule has 1 saturated heterocycles. The molecule has 6 nitrogen and oxygen atoms in total. The molecule has 2 aliphatic rings. The van der Waals surface area contributed by atoms with Crippen LogP contribution in [0.25, 0.3) is 0 Å². The minimum absolute atomic E-state index is 0.00369. The van der Waals surface area contributed by atoms with E-state index < -0.39 is 15.8 Å². The average Bonchev–Trinajstić information content (AvgIpc) is 3.27. The summed E-state index contributed by atoms with van der Waals surface area (Å²) in [7, 11) is -3.09. The largest absolute Gasteiger partial charge is 0.451 e. The molecule has 1 aliphatic carbocycles. The van der Waals surface area contributed by atoms with E-state index in [1.165, 1.54) is 0 Å². The monoisotopic (exact) mass is 405 g/mol. The predicted octanol–water partition coefficient (Wildman–Crippen LogP) is 2.52. The first-order valence-electron chi connectivity index (χ1n) is 8.30. The molecule has 2 fully saturated rings. The Labute approximate surface area is 156 Å². The Morgan fingerprint density at radius 3 is 2.48 bits per heavy atom. The molecule has 1 saturated carbocycles. The normalized spacial score (nSPS) is 22.8. The maximum Gasteiger partial charge on any atom is 0.348 e. The van der Waals surface area contributed by atoms with Gasteiger partial charge in [-0.25, -0.2) is 13.2 Å². The SMILES string of the molecule is O=C(OCC(=O)N(C1CCCC1)[C@@H]1CCS(=O)(=O)C1)c1ccc(Cl)s1. The van der Waals surface area contributed by atoms with Crippen molar-refractivity contribution in [3.8, 4) is 0 Å². The number of carbonyl (C=O) groups excluding carboxylic acids is 2. The number of thiophene rings is 1. The zero-order valence-corrected chi connectivity index (χ0v) is 16.0. The smallest absolute Gasteiger partial charge is 0.348 e. The molecule has 9 heteroatoms. The van der Waals surface area contributed by atoms with Crippen molar-refractivity contribution in [2.75, 3.05) is 18.1 Å². The average molecular weight is 406 g/mol. The third-order valence-corrected chi connectivity index (χ3v) is 7.67. The van der Waals surface area contributed by atoms with E-state index >= 15 is 0 Å². The molecule has 0 spiro atoms. The van der Waals surface area contributed by atoms with E-state index in [2.05, 4.69) is 0 Å². The van der Waals surface area contributed by atoms with Gasteiger partial charge >= 0.3 is 5.97 Å². The summed E-state index contributed by atoms with van der Waals surface area (Å²) in [5.41, 5.74) is 0. The van der Waals surface area contributed by atoms with Crippen molar-refractivity contribution in [2.45, 2.75) is 44.2 Å². The van der Waals surface area contributed by atoms with Crippen molar-refractivity contribution in [2.24, 2.45) is 0 Å². The maximum absolute atomic E-state index is 12.7. The number of rotatable bonds is 5. The number of hydrogen-bond donors (Lipinski definition) is 0. The van der Waals surface area contributed by atoms with Crippen LogP contribution in [0.2, 0.25) is 4.34 Å². The van der Waals surface area contributed by atoms with Gasteiger partial charge in [0.05, 0.1) is 15.8 Å². The molecule has 0 N–H and O–H groups in total. The second-order valence-corrected chi connectivity index (χ2v) is 10.4. The van der Waals surface area contributed by atoms with E-state index in [1.54, 1.807) is 17.0 Å². The van der Waals surface area contributed by atoms with Gasteiger partial charge in [-0.15, -0.1) is 11.3 Å². The molecule has 1 aromatic heterocycles. The van der Waals surface area contributed by atoms with Gasteiger partial charge in [-0.3, -0.25) is 4.79 Å². The molecule has 3 rings (SSSR count). The highest BCUT2D eigenvalue weighted by Crippen LogP contribution is 2.29. The number of ether oxygens (including phenoxy) is 1. The van der Waals surface area contributed by atoms with E-state index in [0.717, 1.165) is 37.0 Å². The number of sulfone groups is 1. The number of carbonyl (C=O) groups is 2. The lowest BCUT2D eigenvalue weighted by atomic mass is 10.1. The number of amides is 1. The highest BCUT2D eigenvalue weighted by Gasteiger charge is 2.39. The summed E-state index contributed by atoms with van der Waals surface area (Å²) < 4.78 is 29.2. The van der Waals surface area contributed by atoms with E-state index in [4.69, 9.17) is 16.3 Å². The fraction of sp³-hybridized carbons (Fsp3) is 0.625. The summed E-state index contributed by atoms with van der Waals surface area (Å²) >= 11 is 6.89. The lowest BCUT2D eigenvalue weighted by Gasteiger charge is -2.33. The number of nitrogens with zero attached hydrogens (tertiary/aromatic N) is 1. The molecule has 1 atom stereocenters. The fourth-order valence-electron chi connectivity index (χ4n) is 3.58. The lowest BCUT2D eigenvalue weighted by molar-refractivity contribution is -0.139. The van der Waals surface area contributed by atoms with Crippen LogP contribution in [0.5, 0.6) is 0 Å². The van der Waals surface area contributed by atoms with E-state index in [1.807, 2.05) is 0 Å². The molecule has 1 aromatic rings. The van der Waals surface area contributed by atoms with Gasteiger partial charge in [-0.2, -0.15) is 0 Å². The zero-order valence-electron chi connectivity index (χ0n) is 13.6. The minimum Gasteiger partial charge on any atom is -0.451 e. The molecule has 138 valence electrons. The third-order valence-electron chi connectivity index (χ3n) is 4.71. The summed E-state index contributed by atoms with van der Waals surface area (Å²) in [5, 5.41) is 0. The second-order valence-electron chi connectivity index (χ2n) is 6.48. The van der Waals surface area contributed by atoms with Crippen LogP contribution in [-0.4, -0.2) is 55.4 Å². The first-order valence-corrected chi connectivity index (χ1v) is 11.3. The van der Waals surface area contributed by atoms with Crippen molar-refractivity contribution >= 4 is 44.7 Å². The van der Waals surface area contributed by atoms with Crippen molar-refractivity contribution < 1.29 is 22.7 Å². The van der Waals surface area contributed by atoms with Gasteiger partial charge in [0.25, 0.3) is 5.91 Å². The Morgan fingerprint density at radius 2 is 1.92 bits per heavy atom. The number of halogens is 1. The predicted molar refractivity (Wildman–Crippen MR) is 95.8 cm³/mol. The number of hydrogen-bond acceptors (Lipinski definition) is 6. The van der Waals surface area contributed by atoms with Gasteiger partial charge < -0.3 is 9.64 Å². The molecule has 25 heavy (non-hydrogen) atoms. The van der Waals surface area contributed by atoms with Crippen LogP contribution in [0, 0.1) is 0 Å². The fourth-order valence-corrected chi connectivity index (χ4v) is 6.23. The van der Waals surface area contributed by atoms with Crippen molar-refractivity contribution in [1.82, 2.24) is 4.90 Å². The summed E-state index contributed by atoms with van der Waals surface area (Å²) in [5.74, 6) is -0.786. The summed E-state index contributed by atoms with van der Waals surface area (Å²) in [4.78, 5) is 26.7. The quantitative estimate of drug-likeness (QED) is 0.703. The Balaban J connectivity index is 1.65. The van der Waals surface area contributed by atoms with Crippen LogP contribution in [0.4, 0.5) is 0 Å². The van der Waals surface area contributed by atoms with Gasteiger partial charge in [0.1, 0.15) is 4.88 Å². The van der Waals surface area contributed by atoms with Crippen LogP contribution in [0.1, 0.15) is 41.8 Å².